The van der Waals surface area contributed by atoms with E-state index in [1.807, 2.05) is 0 Å². The van der Waals surface area contributed by atoms with E-state index in [-0.39, 0.29) is 62.8 Å². The summed E-state index contributed by atoms with van der Waals surface area (Å²) in [5.74, 6) is -22.0. The van der Waals surface area contributed by atoms with Crippen LogP contribution in [-0.2, 0) is 102 Å². The van der Waals surface area contributed by atoms with Crippen LogP contribution in [0.15, 0.2) is 104 Å². The summed E-state index contributed by atoms with van der Waals surface area (Å²) in [5, 5.41) is 51.7. The Kier molecular flexibility index (Phi) is 31.3. The van der Waals surface area contributed by atoms with E-state index in [2.05, 4.69) is 62.5 Å². The van der Waals surface area contributed by atoms with Crippen LogP contribution in [0, 0.1) is 23.7 Å². The number of aromatic amines is 3. The quantitative estimate of drug-likeness (QED) is 0.0343. The number of unbranched alkanes of at least 4 members (excludes halogenated alkanes) is 1. The van der Waals surface area contributed by atoms with Crippen molar-refractivity contribution in [2.45, 2.75) is 178 Å². The Hall–Kier alpha value is -11.0. The molecule has 6 aromatic rings. The van der Waals surface area contributed by atoms with Gasteiger partial charge in [0.1, 0.15) is 59.6 Å². The van der Waals surface area contributed by atoms with Crippen LogP contribution in [-0.4, -0.2) is 189 Å². The van der Waals surface area contributed by atoms with Crippen molar-refractivity contribution in [3.63, 3.8) is 0 Å². The highest BCUT2D eigenvalue weighted by molar-refractivity contribution is 8.76. The second-order valence-corrected chi connectivity index (χ2v) is 30.0. The van der Waals surface area contributed by atoms with Gasteiger partial charge in [0.15, 0.2) is 5.78 Å². The van der Waals surface area contributed by atoms with E-state index < -0.39 is 236 Å². The van der Waals surface area contributed by atoms with Gasteiger partial charge in [-0.05, 0) is 74.3 Å². The molecule has 3 aromatic carbocycles. The molecule has 9 amide bonds. The Bertz CT molecular complexity index is 4300. The van der Waals surface area contributed by atoms with Gasteiger partial charge in [-0.2, -0.15) is 0 Å². The van der Waals surface area contributed by atoms with Crippen molar-refractivity contribution in [2.24, 2.45) is 29.4 Å². The number of carbonyl (C=O) groups is 16. The molecule has 2 aliphatic rings. The molecule has 2 bridgehead atoms. The molecule has 5 heterocycles. The fourth-order valence-electron chi connectivity index (χ4n) is 13.0. The number of amides is 9. The minimum atomic E-state index is -1.86. The molecule has 34 heteroatoms. The van der Waals surface area contributed by atoms with Gasteiger partial charge in [0.2, 0.25) is 53.2 Å². The lowest BCUT2D eigenvalue weighted by Gasteiger charge is -2.27. The molecule has 109 heavy (non-hydrogen) atoms. The summed E-state index contributed by atoms with van der Waals surface area (Å²) >= 11 is 0. The number of carboxylic acids is 3. The van der Waals surface area contributed by atoms with E-state index in [0.29, 0.717) is 38.5 Å². The lowest BCUT2D eigenvalue weighted by atomic mass is 9.82. The largest absolute Gasteiger partial charge is 0.481 e. The lowest BCUT2D eigenvalue weighted by molar-refractivity contribution is -0.141. The Morgan fingerprint density at radius 2 is 0.945 bits per heavy atom. The number of nitrogens with one attached hydrogen (secondary N) is 11. The van der Waals surface area contributed by atoms with Crippen LogP contribution in [0.5, 0.6) is 0 Å². The average molecular weight is 1540 g/mol. The molecule has 32 nitrogen and oxygen atoms in total. The lowest BCUT2D eigenvalue weighted by Crippen LogP contribution is -2.61. The van der Waals surface area contributed by atoms with E-state index in [1.165, 1.54) is 26.4 Å². The predicted molar refractivity (Wildman–Crippen MR) is 399 cm³/mol. The second-order valence-electron chi connectivity index (χ2n) is 27.5. The molecular formula is C75H91N13O19S2. The maximum atomic E-state index is 15.6. The molecule has 0 radical (unpaired) electrons. The van der Waals surface area contributed by atoms with Gasteiger partial charge in [0, 0.05) is 146 Å². The van der Waals surface area contributed by atoms with Crippen LogP contribution in [0.25, 0.3) is 21.8 Å². The number of rotatable bonds is 22. The molecule has 582 valence electrons. The van der Waals surface area contributed by atoms with Crippen molar-refractivity contribution in [2.75, 3.05) is 11.5 Å². The predicted octanol–water partition coefficient (Wildman–Crippen LogP) is 2.91. The van der Waals surface area contributed by atoms with Crippen molar-refractivity contribution in [3.05, 3.63) is 126 Å². The Balaban J connectivity index is 1.26. The topological polar surface area (TPSA) is 516 Å². The fourth-order valence-corrected chi connectivity index (χ4v) is 15.5. The van der Waals surface area contributed by atoms with Crippen molar-refractivity contribution in [1.29, 1.82) is 0 Å². The number of carboxylic acid groups (broad SMARTS) is 3. The number of hydrogen-bond acceptors (Lipinski definition) is 19. The van der Waals surface area contributed by atoms with Gasteiger partial charge in [-0.25, -0.2) is 4.98 Å². The van der Waals surface area contributed by atoms with Crippen LogP contribution in [0.3, 0.4) is 0 Å². The smallest absolute Gasteiger partial charge is 0.303 e. The summed E-state index contributed by atoms with van der Waals surface area (Å²) in [6, 6.07) is 9.48. The molecule has 3 aromatic heterocycles. The molecule has 12 atom stereocenters. The Morgan fingerprint density at radius 1 is 0.440 bits per heavy atom. The molecule has 16 N–H and O–H groups in total. The zero-order valence-electron chi connectivity index (χ0n) is 60.1. The zero-order chi connectivity index (χ0) is 78.8. The molecule has 8 rings (SSSR count). The maximum Gasteiger partial charge on any atom is 0.303 e. The van der Waals surface area contributed by atoms with Gasteiger partial charge in [0.05, 0.1) is 18.1 Å². The van der Waals surface area contributed by atoms with Crippen molar-refractivity contribution in [1.82, 2.24) is 62.5 Å². The minimum absolute atomic E-state index is 0.0804. The number of Topliss-reactive ketones (excluding diaryl/α,β-unsaturated/α-hetero) is 4. The van der Waals surface area contributed by atoms with Crippen molar-refractivity contribution < 1.29 is 92.0 Å². The van der Waals surface area contributed by atoms with Crippen LogP contribution in [0.1, 0.15) is 126 Å². The number of hydrogen-bond donors (Lipinski definition) is 15. The van der Waals surface area contributed by atoms with Crippen LogP contribution in [0.2, 0.25) is 0 Å². The summed E-state index contributed by atoms with van der Waals surface area (Å²) in [7, 11) is 1.87. The highest BCUT2D eigenvalue weighted by atomic mass is 33.1. The number of primary amides is 1. The molecule has 0 spiro atoms. The highest BCUT2D eigenvalue weighted by Gasteiger charge is 2.39. The van der Waals surface area contributed by atoms with E-state index in [4.69, 9.17) is 5.73 Å². The second kappa shape index (κ2) is 40.8. The van der Waals surface area contributed by atoms with Gasteiger partial charge in [0.25, 0.3) is 0 Å². The first kappa shape index (κ1) is 83.6. The number of aliphatic carboxylic acids is 3. The van der Waals surface area contributed by atoms with Gasteiger partial charge >= 0.3 is 17.9 Å². The first-order chi connectivity index (χ1) is 52.1. The first-order valence-corrected chi connectivity index (χ1v) is 38.4. The molecule has 0 saturated carbocycles. The summed E-state index contributed by atoms with van der Waals surface area (Å²) in [4.78, 5) is 241. The van der Waals surface area contributed by atoms with E-state index in [1.54, 1.807) is 91.3 Å². The van der Waals surface area contributed by atoms with Crippen LogP contribution < -0.4 is 48.3 Å². The van der Waals surface area contributed by atoms with Gasteiger partial charge in [-0.15, -0.1) is 0 Å². The van der Waals surface area contributed by atoms with E-state index >= 15 is 28.8 Å². The number of fused-ring (bicyclic) bond motifs is 7. The zero-order valence-corrected chi connectivity index (χ0v) is 61.7. The Morgan fingerprint density at radius 3 is 1.54 bits per heavy atom. The molecule has 0 aliphatic carbocycles. The third-order valence-electron chi connectivity index (χ3n) is 19.2. The molecule has 2 aliphatic heterocycles. The van der Waals surface area contributed by atoms with Gasteiger partial charge in [-0.3, -0.25) is 76.7 Å². The number of para-hydroxylation sites is 2. The number of carbonyl (C=O) groups excluding carboxylic acids is 13. The number of nitrogens with zero attached hydrogens (tertiary/aromatic N) is 1. The monoisotopic (exact) mass is 1540 g/mol. The standard InChI is InChI=1S/C75H91N13O19S2/c1-40-26-61(90)47-32-62(91)44(28-45-34-78-51-16-8-6-14-49(45)51)31-63(92)53(18-10-11-19-64(76)93)82-72(104)56(27-42-12-4-3-5-13-42)86-74(106)58(33-48-36-77-39-80-48)85-68(100)41(2)81-75(107)59(38-109-108-37-47)88-73(105)57(29-46-35-79-52-17-9-7-15-50(46)52)87-71(103)55(22-25-67(98)99)84-70(102)54(21-24-66(96)97)83-69(101)43(30-60(40)89)20-23-65(94)95/h3-9,12-17,34-36,39-41,43-44,47,53-59,78-79H,10-11,18-33,37-38H2,1-2H3,(H2,76,93)(H,77,80)(H,81,107)(H,82,104)(H,83,101)(H,84,102)(H,85,100)(H,86,106)(H,87,103)(H,88,105)(H,94,95)(H,96,97)(H,98,99)/t40-,41+,43-,44-,47+,53+,54+,55+,56-,57+,58+,59+/m1/s1. The highest BCUT2D eigenvalue weighted by Crippen LogP contribution is 2.32. The first-order valence-electron chi connectivity index (χ1n) is 35.9. The number of H-pyrrole nitrogens is 3. The van der Waals surface area contributed by atoms with E-state index in [9.17, 15) is 63.3 Å². The van der Waals surface area contributed by atoms with Crippen LogP contribution >= 0.6 is 21.6 Å². The number of ketones is 4. The van der Waals surface area contributed by atoms with Crippen LogP contribution in [0.4, 0.5) is 0 Å². The summed E-state index contributed by atoms with van der Waals surface area (Å²) in [6.45, 7) is 2.64. The molecule has 2 fully saturated rings. The maximum absolute atomic E-state index is 15.6. The summed E-state index contributed by atoms with van der Waals surface area (Å²) in [5.41, 5.74) is 8.64. The van der Waals surface area contributed by atoms with Gasteiger partial charge in [-0.1, -0.05) is 102 Å². The normalized spacial score (nSPS) is 24.3. The molecule has 0 unspecified atom stereocenters. The average Bonchev–Trinajstić information content (AvgIpc) is 1.63. The molecular weight excluding hydrogens is 1450 g/mol. The van der Waals surface area contributed by atoms with Gasteiger partial charge < -0.3 is 78.5 Å². The number of imidazole rings is 1. The van der Waals surface area contributed by atoms with Crippen molar-refractivity contribution in [3.8, 4) is 0 Å². The SMILES string of the molecule is C[C@@H]1CC(=O)[C@@H]2CSSC[C@H](NC(=O)[C@H](Cc3c[nH]c4ccccc34)NC(=O)[C@H](CCC(=O)O)NC(=O)[C@H](CCC(=O)O)NC(=O)[C@H](CCC(=O)O)CC1=O)C(=O)N[C@@H](C)C(=O)N[C@@H](Cc1c[nH]cn1)C(=O)N[C@H](Cc1ccccc1)C(=O)N[C@@H](CCCCC(N)=O)C(=O)C[C@@H](Cc1c[nH]c3ccccc13)C(=O)C2. The third-order valence-corrected chi connectivity index (χ3v) is 21.7. The fraction of sp³-hybridized carbons (Fsp3) is 0.453. The summed E-state index contributed by atoms with van der Waals surface area (Å²) in [6.07, 6.45) is -1.35. The Labute approximate surface area is 633 Å². The number of benzene rings is 3. The minimum Gasteiger partial charge on any atom is -0.481 e. The third kappa shape index (κ3) is 25.6. The number of nitrogens with two attached hydrogens (primary N) is 1. The van der Waals surface area contributed by atoms with Crippen molar-refractivity contribution >= 4 is 138 Å². The number of aromatic nitrogens is 4. The molecule has 2 saturated heterocycles. The van der Waals surface area contributed by atoms with E-state index in [0.717, 1.165) is 21.6 Å². The summed E-state index contributed by atoms with van der Waals surface area (Å²) < 4.78 is 0.